The number of carbonyl (C=O) groups excluding carboxylic acids is 1. The van der Waals surface area contributed by atoms with E-state index in [4.69, 9.17) is 20.0 Å². The van der Waals surface area contributed by atoms with Gasteiger partial charge in [0.2, 0.25) is 0 Å². The maximum Gasteiger partial charge on any atom is 0.256 e. The fourth-order valence-electron chi connectivity index (χ4n) is 2.88. The lowest BCUT2D eigenvalue weighted by molar-refractivity contribution is 0.0940. The minimum atomic E-state index is -0.909. The smallest absolute Gasteiger partial charge is 0.256 e. The highest BCUT2D eigenvalue weighted by Crippen LogP contribution is 2.33. The fourth-order valence-corrected chi connectivity index (χ4v) is 2.88. The predicted molar refractivity (Wildman–Crippen MR) is 115 cm³/mol. The van der Waals surface area contributed by atoms with Gasteiger partial charge in [0.1, 0.15) is 19.3 Å². The van der Waals surface area contributed by atoms with Crippen molar-refractivity contribution in [3.8, 4) is 23.6 Å². The second-order valence-electron chi connectivity index (χ2n) is 6.70. The number of carbonyl (C=O) groups is 1. The fraction of sp³-hybridized carbons (Fsp3) is 0.160. The van der Waals surface area contributed by atoms with E-state index in [9.17, 15) is 4.79 Å². The van der Waals surface area contributed by atoms with E-state index in [1.54, 1.807) is 18.2 Å². The van der Waals surface area contributed by atoms with Crippen LogP contribution in [0.15, 0.2) is 78.9 Å². The van der Waals surface area contributed by atoms with Crippen molar-refractivity contribution in [2.45, 2.75) is 25.7 Å². The summed E-state index contributed by atoms with van der Waals surface area (Å²) in [6.07, 6.45) is -0.105. The first kappa shape index (κ1) is 21.4. The molecule has 6 heteroatoms. The number of hydrogen-bond acceptors (Lipinski definition) is 5. The minimum Gasteiger partial charge on any atom is -0.485 e. The monoisotopic (exact) mass is 411 g/mol. The maximum atomic E-state index is 12.8. The Kier molecular flexibility index (Phi) is 7.63. The van der Waals surface area contributed by atoms with E-state index in [1.807, 2.05) is 72.8 Å². The summed E-state index contributed by atoms with van der Waals surface area (Å²) in [5, 5.41) is 20.6. The average molecular weight is 411 g/mol. The summed E-state index contributed by atoms with van der Waals surface area (Å²) in [5.41, 5.74) is 2.15. The Morgan fingerprint density at radius 2 is 1.45 bits per heavy atom. The lowest BCUT2D eigenvalue weighted by Crippen LogP contribution is -2.33. The van der Waals surface area contributed by atoms with Crippen molar-refractivity contribution < 1.29 is 14.3 Å². The molecule has 154 valence electrons. The third kappa shape index (κ3) is 6.09. The minimum absolute atomic E-state index is 0.105. The molecule has 0 unspecified atom stereocenters. The molecule has 0 saturated carbocycles. The number of nitriles is 2. The molecule has 0 heterocycles. The predicted octanol–water partition coefficient (Wildman–Crippen LogP) is 4.38. The van der Waals surface area contributed by atoms with Crippen LogP contribution in [0.4, 0.5) is 0 Å². The molecule has 0 radical (unpaired) electrons. The summed E-state index contributed by atoms with van der Waals surface area (Å²) < 4.78 is 12.0. The summed E-state index contributed by atoms with van der Waals surface area (Å²) in [5.74, 6) is 0.199. The van der Waals surface area contributed by atoms with Gasteiger partial charge in [0.05, 0.1) is 24.1 Å². The Bertz CT molecular complexity index is 1090. The molecule has 1 amide bonds. The van der Waals surface area contributed by atoms with Gasteiger partial charge >= 0.3 is 0 Å². The van der Waals surface area contributed by atoms with Crippen LogP contribution in [-0.4, -0.2) is 11.9 Å². The molecule has 0 saturated heterocycles. The third-order valence-corrected chi connectivity index (χ3v) is 4.44. The van der Waals surface area contributed by atoms with Crippen molar-refractivity contribution in [1.82, 2.24) is 5.32 Å². The summed E-state index contributed by atoms with van der Waals surface area (Å²) in [7, 11) is 0. The molecule has 0 aliphatic rings. The normalized spacial score (nSPS) is 10.9. The molecule has 0 aliphatic heterocycles. The second-order valence-corrected chi connectivity index (χ2v) is 6.70. The lowest BCUT2D eigenvalue weighted by Gasteiger charge is -2.17. The van der Waals surface area contributed by atoms with Gasteiger partial charge < -0.3 is 14.8 Å². The first-order chi connectivity index (χ1) is 15.2. The van der Waals surface area contributed by atoms with Crippen LogP contribution in [0.25, 0.3) is 0 Å². The van der Waals surface area contributed by atoms with Crippen molar-refractivity contribution in [2.24, 2.45) is 0 Å². The zero-order chi connectivity index (χ0) is 21.9. The number of nitrogens with one attached hydrogen (secondary N) is 1. The highest BCUT2D eigenvalue weighted by Gasteiger charge is 2.20. The van der Waals surface area contributed by atoms with E-state index in [1.165, 1.54) is 0 Å². The molecule has 0 bridgehead atoms. The van der Waals surface area contributed by atoms with Crippen LogP contribution in [0.3, 0.4) is 0 Å². The van der Waals surface area contributed by atoms with Gasteiger partial charge in [-0.3, -0.25) is 4.79 Å². The van der Waals surface area contributed by atoms with Crippen LogP contribution in [-0.2, 0) is 13.2 Å². The van der Waals surface area contributed by atoms with E-state index in [0.29, 0.717) is 12.4 Å². The van der Waals surface area contributed by atoms with E-state index >= 15 is 0 Å². The number of hydrogen-bond donors (Lipinski definition) is 1. The Balaban J connectivity index is 1.86. The van der Waals surface area contributed by atoms with Gasteiger partial charge in [0.25, 0.3) is 5.91 Å². The highest BCUT2D eigenvalue weighted by molar-refractivity contribution is 5.98. The average Bonchev–Trinajstić information content (AvgIpc) is 2.82. The molecular weight excluding hydrogens is 390 g/mol. The van der Waals surface area contributed by atoms with Crippen LogP contribution < -0.4 is 14.8 Å². The van der Waals surface area contributed by atoms with Crippen molar-refractivity contribution in [2.75, 3.05) is 0 Å². The summed E-state index contributed by atoms with van der Waals surface area (Å²) in [4.78, 5) is 12.8. The van der Waals surface area contributed by atoms with E-state index < -0.39 is 11.9 Å². The molecule has 3 aromatic rings. The maximum absolute atomic E-state index is 12.8. The Labute approximate surface area is 181 Å². The van der Waals surface area contributed by atoms with E-state index in [-0.39, 0.29) is 24.3 Å². The van der Waals surface area contributed by atoms with Crippen molar-refractivity contribution >= 4 is 5.91 Å². The van der Waals surface area contributed by atoms with E-state index in [2.05, 4.69) is 5.32 Å². The number of para-hydroxylation sites is 1. The third-order valence-electron chi connectivity index (χ3n) is 4.44. The molecular formula is C25H21N3O3. The second kappa shape index (κ2) is 11.0. The largest absolute Gasteiger partial charge is 0.485 e. The Morgan fingerprint density at radius 3 is 2.03 bits per heavy atom. The first-order valence-electron chi connectivity index (χ1n) is 9.75. The number of amides is 1. The SMILES string of the molecule is N#CC[C@@H](C#N)NC(=O)c1cccc(OCc2ccccc2)c1OCc1ccccc1. The summed E-state index contributed by atoms with van der Waals surface area (Å²) in [6, 6.07) is 27.2. The van der Waals surface area contributed by atoms with Crippen LogP contribution in [0.1, 0.15) is 27.9 Å². The molecule has 6 nitrogen and oxygen atoms in total. The molecule has 0 aliphatic carbocycles. The number of benzene rings is 3. The van der Waals surface area contributed by atoms with Gasteiger partial charge in [-0.1, -0.05) is 66.7 Å². The zero-order valence-corrected chi connectivity index (χ0v) is 16.8. The molecule has 1 atom stereocenters. The van der Waals surface area contributed by atoms with E-state index in [0.717, 1.165) is 11.1 Å². The van der Waals surface area contributed by atoms with Gasteiger partial charge in [-0.05, 0) is 23.3 Å². The number of ether oxygens (including phenoxy) is 2. The highest BCUT2D eigenvalue weighted by atomic mass is 16.5. The molecule has 0 fully saturated rings. The first-order valence-corrected chi connectivity index (χ1v) is 9.75. The Morgan fingerprint density at radius 1 is 0.839 bits per heavy atom. The van der Waals surface area contributed by atoms with Crippen molar-refractivity contribution in [3.63, 3.8) is 0 Å². The molecule has 1 N–H and O–H groups in total. The van der Waals surface area contributed by atoms with Gasteiger partial charge in [-0.2, -0.15) is 10.5 Å². The molecule has 31 heavy (non-hydrogen) atoms. The molecule has 3 aromatic carbocycles. The summed E-state index contributed by atoms with van der Waals surface area (Å²) >= 11 is 0. The van der Waals surface area contributed by atoms with Crippen LogP contribution in [0.5, 0.6) is 11.5 Å². The van der Waals surface area contributed by atoms with Crippen LogP contribution in [0, 0.1) is 22.7 Å². The van der Waals surface area contributed by atoms with Gasteiger partial charge in [-0.15, -0.1) is 0 Å². The summed E-state index contributed by atoms with van der Waals surface area (Å²) in [6.45, 7) is 0.551. The van der Waals surface area contributed by atoms with Crippen molar-refractivity contribution in [1.29, 1.82) is 10.5 Å². The zero-order valence-electron chi connectivity index (χ0n) is 16.8. The molecule has 3 rings (SSSR count). The quantitative estimate of drug-likeness (QED) is 0.564. The number of rotatable bonds is 9. The standard InChI is InChI=1S/C25H21N3O3/c26-15-14-21(16-27)28-25(29)22-12-7-13-23(30-17-19-8-3-1-4-9-19)24(22)31-18-20-10-5-2-6-11-20/h1-13,21H,14,17-18H2,(H,28,29)/t21-/m0/s1. The molecule has 0 aromatic heterocycles. The van der Waals surface area contributed by atoms with Crippen LogP contribution >= 0.6 is 0 Å². The Hall–Kier alpha value is -4.29. The van der Waals surface area contributed by atoms with Gasteiger partial charge in [-0.25, -0.2) is 0 Å². The van der Waals surface area contributed by atoms with Gasteiger partial charge in [0.15, 0.2) is 11.5 Å². The molecule has 0 spiro atoms. The number of nitrogens with zero attached hydrogens (tertiary/aromatic N) is 2. The lowest BCUT2D eigenvalue weighted by atomic mass is 10.1. The topological polar surface area (TPSA) is 95.1 Å². The van der Waals surface area contributed by atoms with Crippen molar-refractivity contribution in [3.05, 3.63) is 95.6 Å². The van der Waals surface area contributed by atoms with Gasteiger partial charge in [0, 0.05) is 0 Å². The van der Waals surface area contributed by atoms with Crippen LogP contribution in [0.2, 0.25) is 0 Å².